The summed E-state index contributed by atoms with van der Waals surface area (Å²) in [6.07, 6.45) is 1.53. The van der Waals surface area contributed by atoms with Crippen molar-refractivity contribution in [3.8, 4) is 0 Å². The van der Waals surface area contributed by atoms with Gasteiger partial charge in [0.05, 0.1) is 6.42 Å². The Kier molecular flexibility index (Phi) is 4.61. The first kappa shape index (κ1) is 13.8. The Balaban J connectivity index is 2.00. The summed E-state index contributed by atoms with van der Waals surface area (Å²) in [6, 6.07) is 8.45. The third-order valence-corrected chi connectivity index (χ3v) is 4.23. The lowest BCUT2D eigenvalue weighted by Gasteiger charge is -2.21. The summed E-state index contributed by atoms with van der Waals surface area (Å²) in [7, 11) is 0. The van der Waals surface area contributed by atoms with Crippen LogP contribution in [0.2, 0.25) is 0 Å². The van der Waals surface area contributed by atoms with Crippen LogP contribution in [0.15, 0.2) is 24.3 Å². The van der Waals surface area contributed by atoms with Gasteiger partial charge in [0.2, 0.25) is 5.91 Å². The standard InChI is InChI=1S/C14H19IN2O/c1-10-5-12(8-16)9-17(10)14(18)7-11-3-2-4-13(15)6-11/h2-4,6,10,12H,5,7-9,16H2,1H3. The number of amides is 1. The van der Waals surface area contributed by atoms with Gasteiger partial charge in [0, 0.05) is 16.2 Å². The van der Waals surface area contributed by atoms with E-state index in [9.17, 15) is 4.79 Å². The van der Waals surface area contributed by atoms with E-state index in [2.05, 4.69) is 35.6 Å². The van der Waals surface area contributed by atoms with Gasteiger partial charge < -0.3 is 10.6 Å². The monoisotopic (exact) mass is 358 g/mol. The number of nitrogens with zero attached hydrogens (tertiary/aromatic N) is 1. The maximum atomic E-state index is 12.3. The van der Waals surface area contributed by atoms with Gasteiger partial charge in [-0.05, 0) is 66.1 Å². The Morgan fingerprint density at radius 3 is 2.94 bits per heavy atom. The number of halogens is 1. The van der Waals surface area contributed by atoms with Crippen molar-refractivity contribution >= 4 is 28.5 Å². The molecule has 0 radical (unpaired) electrons. The van der Waals surface area contributed by atoms with E-state index in [4.69, 9.17) is 5.73 Å². The van der Waals surface area contributed by atoms with Crippen LogP contribution in [0.1, 0.15) is 18.9 Å². The molecule has 1 aromatic carbocycles. The van der Waals surface area contributed by atoms with E-state index in [0.29, 0.717) is 24.9 Å². The second-order valence-electron chi connectivity index (χ2n) is 5.04. The molecule has 0 bridgehead atoms. The van der Waals surface area contributed by atoms with Gasteiger partial charge in [-0.3, -0.25) is 4.79 Å². The van der Waals surface area contributed by atoms with Gasteiger partial charge in [0.25, 0.3) is 0 Å². The lowest BCUT2D eigenvalue weighted by molar-refractivity contribution is -0.131. The first-order valence-corrected chi connectivity index (χ1v) is 7.42. The highest BCUT2D eigenvalue weighted by atomic mass is 127. The number of hydrogen-bond donors (Lipinski definition) is 1. The minimum atomic E-state index is 0.223. The second-order valence-corrected chi connectivity index (χ2v) is 6.28. The second kappa shape index (κ2) is 6.02. The van der Waals surface area contributed by atoms with Gasteiger partial charge in [-0.2, -0.15) is 0 Å². The fourth-order valence-corrected chi connectivity index (χ4v) is 3.19. The largest absolute Gasteiger partial charge is 0.339 e. The molecule has 0 aromatic heterocycles. The van der Waals surface area contributed by atoms with Crippen LogP contribution in [0.25, 0.3) is 0 Å². The molecule has 1 aliphatic rings. The van der Waals surface area contributed by atoms with Gasteiger partial charge >= 0.3 is 0 Å². The Labute approximate surface area is 122 Å². The number of carbonyl (C=O) groups is 1. The summed E-state index contributed by atoms with van der Waals surface area (Å²) in [6.45, 7) is 3.61. The molecule has 1 aromatic rings. The van der Waals surface area contributed by atoms with E-state index in [1.165, 1.54) is 3.57 Å². The van der Waals surface area contributed by atoms with Crippen molar-refractivity contribution in [1.82, 2.24) is 4.90 Å². The maximum Gasteiger partial charge on any atom is 0.227 e. The molecular weight excluding hydrogens is 339 g/mol. The van der Waals surface area contributed by atoms with Gasteiger partial charge in [-0.15, -0.1) is 0 Å². The fraction of sp³-hybridized carbons (Fsp3) is 0.500. The summed E-state index contributed by atoms with van der Waals surface area (Å²) in [5.41, 5.74) is 6.78. The van der Waals surface area contributed by atoms with Crippen LogP contribution in [0, 0.1) is 9.49 Å². The number of nitrogens with two attached hydrogens (primary N) is 1. The Morgan fingerprint density at radius 2 is 2.33 bits per heavy atom. The van der Waals surface area contributed by atoms with Gasteiger partial charge in [0.15, 0.2) is 0 Å². The lowest BCUT2D eigenvalue weighted by Crippen LogP contribution is -2.35. The average Bonchev–Trinajstić information content (AvgIpc) is 2.70. The van der Waals surface area contributed by atoms with Crippen molar-refractivity contribution in [2.45, 2.75) is 25.8 Å². The maximum absolute atomic E-state index is 12.3. The Hall–Kier alpha value is -0.620. The molecule has 1 fully saturated rings. The van der Waals surface area contributed by atoms with Gasteiger partial charge in [0.1, 0.15) is 0 Å². The van der Waals surface area contributed by atoms with E-state index in [-0.39, 0.29) is 5.91 Å². The fourth-order valence-electron chi connectivity index (χ4n) is 2.58. The molecule has 18 heavy (non-hydrogen) atoms. The molecule has 1 saturated heterocycles. The predicted molar refractivity (Wildman–Crippen MR) is 81.2 cm³/mol. The molecule has 2 rings (SSSR count). The Bertz CT molecular complexity index is 436. The van der Waals surface area contributed by atoms with Crippen LogP contribution in [0.3, 0.4) is 0 Å². The zero-order valence-corrected chi connectivity index (χ0v) is 12.8. The zero-order chi connectivity index (χ0) is 13.1. The molecule has 0 spiro atoms. The van der Waals surface area contributed by atoms with Crippen molar-refractivity contribution < 1.29 is 4.79 Å². The number of hydrogen-bond acceptors (Lipinski definition) is 2. The van der Waals surface area contributed by atoms with E-state index in [1.54, 1.807) is 0 Å². The molecule has 2 N–H and O–H groups in total. The average molecular weight is 358 g/mol. The molecule has 0 saturated carbocycles. The summed E-state index contributed by atoms with van der Waals surface area (Å²) in [5.74, 6) is 0.695. The molecule has 4 heteroatoms. The molecule has 2 atom stereocenters. The van der Waals surface area contributed by atoms with Crippen LogP contribution in [-0.4, -0.2) is 29.9 Å². The molecule has 3 nitrogen and oxygen atoms in total. The first-order valence-electron chi connectivity index (χ1n) is 6.34. The van der Waals surface area contributed by atoms with Crippen LogP contribution >= 0.6 is 22.6 Å². The number of carbonyl (C=O) groups excluding carboxylic acids is 1. The van der Waals surface area contributed by atoms with Crippen molar-refractivity contribution in [3.63, 3.8) is 0 Å². The first-order chi connectivity index (χ1) is 8.60. The van der Waals surface area contributed by atoms with Crippen LogP contribution < -0.4 is 5.73 Å². The highest BCUT2D eigenvalue weighted by Crippen LogP contribution is 2.23. The molecule has 2 unspecified atom stereocenters. The molecular formula is C14H19IN2O. The molecule has 98 valence electrons. The normalized spacial score (nSPS) is 23.4. The van der Waals surface area contributed by atoms with Gasteiger partial charge in [-0.1, -0.05) is 12.1 Å². The summed E-state index contributed by atoms with van der Waals surface area (Å²) in [4.78, 5) is 14.3. The van der Waals surface area contributed by atoms with E-state index in [0.717, 1.165) is 18.5 Å². The summed E-state index contributed by atoms with van der Waals surface area (Å²) in [5, 5.41) is 0. The minimum Gasteiger partial charge on any atom is -0.339 e. The zero-order valence-electron chi connectivity index (χ0n) is 10.6. The third-order valence-electron chi connectivity index (χ3n) is 3.56. The van der Waals surface area contributed by atoms with E-state index in [1.807, 2.05) is 23.1 Å². The highest BCUT2D eigenvalue weighted by Gasteiger charge is 2.31. The van der Waals surface area contributed by atoms with Crippen LogP contribution in [0.4, 0.5) is 0 Å². The molecule has 1 amide bonds. The van der Waals surface area contributed by atoms with Crippen molar-refractivity contribution in [2.75, 3.05) is 13.1 Å². The molecule has 1 aliphatic heterocycles. The summed E-state index contributed by atoms with van der Waals surface area (Å²) < 4.78 is 1.17. The number of rotatable bonds is 3. The molecule has 1 heterocycles. The van der Waals surface area contributed by atoms with Crippen molar-refractivity contribution in [2.24, 2.45) is 11.7 Å². The predicted octanol–water partition coefficient (Wildman–Crippen LogP) is 2.03. The van der Waals surface area contributed by atoms with Crippen LogP contribution in [0.5, 0.6) is 0 Å². The molecule has 0 aliphatic carbocycles. The number of benzene rings is 1. The summed E-state index contributed by atoms with van der Waals surface area (Å²) >= 11 is 2.27. The van der Waals surface area contributed by atoms with Crippen molar-refractivity contribution in [3.05, 3.63) is 33.4 Å². The van der Waals surface area contributed by atoms with Crippen molar-refractivity contribution in [1.29, 1.82) is 0 Å². The van der Waals surface area contributed by atoms with E-state index < -0.39 is 0 Å². The smallest absolute Gasteiger partial charge is 0.227 e. The van der Waals surface area contributed by atoms with Crippen LogP contribution in [-0.2, 0) is 11.2 Å². The SMILES string of the molecule is CC1CC(CN)CN1C(=O)Cc1cccc(I)c1. The Morgan fingerprint density at radius 1 is 1.56 bits per heavy atom. The number of likely N-dealkylation sites (tertiary alicyclic amines) is 1. The van der Waals surface area contributed by atoms with E-state index >= 15 is 0 Å². The quantitative estimate of drug-likeness (QED) is 0.841. The minimum absolute atomic E-state index is 0.223. The topological polar surface area (TPSA) is 46.3 Å². The lowest BCUT2D eigenvalue weighted by atomic mass is 10.1. The highest BCUT2D eigenvalue weighted by molar-refractivity contribution is 14.1. The third kappa shape index (κ3) is 3.23. The van der Waals surface area contributed by atoms with Gasteiger partial charge in [-0.25, -0.2) is 0 Å².